The third-order valence-electron chi connectivity index (χ3n) is 3.29. The summed E-state index contributed by atoms with van der Waals surface area (Å²) in [6.45, 7) is 8.00. The molecule has 0 aromatic rings. The number of carbonyl (C=O) groups excluding carboxylic acids is 1. The Balaban J connectivity index is 2.29. The predicted octanol–water partition coefficient (Wildman–Crippen LogP) is 3.13. The van der Waals surface area contributed by atoms with E-state index in [1.165, 1.54) is 12.8 Å². The molecule has 1 rings (SSSR count). The number of unbranched alkanes of at least 4 members (excludes halogenated alkanes) is 2. The van der Waals surface area contributed by atoms with Gasteiger partial charge in [-0.3, -0.25) is 4.79 Å². The van der Waals surface area contributed by atoms with E-state index in [-0.39, 0.29) is 0 Å². The summed E-state index contributed by atoms with van der Waals surface area (Å²) in [5.41, 5.74) is 0. The molecule has 1 heterocycles. The number of carbonyl (C=O) groups is 1. The zero-order valence-electron chi connectivity index (χ0n) is 10.0. The van der Waals surface area contributed by atoms with Crippen LogP contribution in [0.25, 0.3) is 0 Å². The van der Waals surface area contributed by atoms with Crippen molar-refractivity contribution in [2.45, 2.75) is 64.5 Å². The smallest absolute Gasteiger partial charge is 0.223 e. The lowest BCUT2D eigenvalue weighted by Gasteiger charge is -2.26. The standard InChI is InChI=1S/C13H23NO/c1-4-5-6-7-8-13(15)14-11(2)9-10-12(14)3/h4,11-12H,1,5-10H2,2-3H3/t11-,12-/m1/s1. The molecule has 15 heavy (non-hydrogen) atoms. The van der Waals surface area contributed by atoms with Gasteiger partial charge in [0.05, 0.1) is 0 Å². The summed E-state index contributed by atoms with van der Waals surface area (Å²) in [6.07, 6.45) is 8.08. The summed E-state index contributed by atoms with van der Waals surface area (Å²) in [6, 6.07) is 0.902. The number of likely N-dealkylation sites (tertiary alicyclic amines) is 1. The van der Waals surface area contributed by atoms with Crippen molar-refractivity contribution in [1.29, 1.82) is 0 Å². The maximum Gasteiger partial charge on any atom is 0.223 e. The van der Waals surface area contributed by atoms with Crippen LogP contribution in [0.5, 0.6) is 0 Å². The van der Waals surface area contributed by atoms with E-state index in [2.05, 4.69) is 25.3 Å². The Labute approximate surface area is 93.3 Å². The Bertz CT molecular complexity index is 215. The lowest BCUT2D eigenvalue weighted by molar-refractivity contribution is -0.133. The fourth-order valence-electron chi connectivity index (χ4n) is 2.38. The lowest BCUT2D eigenvalue weighted by Crippen LogP contribution is -2.38. The summed E-state index contributed by atoms with van der Waals surface area (Å²) in [5, 5.41) is 0. The molecule has 1 aliphatic heterocycles. The summed E-state index contributed by atoms with van der Waals surface area (Å²) < 4.78 is 0. The summed E-state index contributed by atoms with van der Waals surface area (Å²) in [7, 11) is 0. The third kappa shape index (κ3) is 3.37. The van der Waals surface area contributed by atoms with Gasteiger partial charge in [0.25, 0.3) is 0 Å². The van der Waals surface area contributed by atoms with Crippen LogP contribution in [-0.2, 0) is 4.79 Å². The molecule has 0 unspecified atom stereocenters. The van der Waals surface area contributed by atoms with Crippen LogP contribution in [-0.4, -0.2) is 22.9 Å². The van der Waals surface area contributed by atoms with Crippen molar-refractivity contribution in [2.24, 2.45) is 0 Å². The topological polar surface area (TPSA) is 20.3 Å². The molecule has 0 spiro atoms. The van der Waals surface area contributed by atoms with Crippen molar-refractivity contribution in [3.63, 3.8) is 0 Å². The molecule has 0 aromatic heterocycles. The van der Waals surface area contributed by atoms with Gasteiger partial charge < -0.3 is 4.90 Å². The third-order valence-corrected chi connectivity index (χ3v) is 3.29. The van der Waals surface area contributed by atoms with Gasteiger partial charge in [-0.15, -0.1) is 6.58 Å². The molecule has 0 aromatic carbocycles. The molecule has 0 N–H and O–H groups in total. The van der Waals surface area contributed by atoms with Gasteiger partial charge in [-0.25, -0.2) is 0 Å². The second kappa shape index (κ2) is 5.94. The molecule has 2 atom stereocenters. The van der Waals surface area contributed by atoms with Crippen LogP contribution in [0.3, 0.4) is 0 Å². The molecule has 0 saturated carbocycles. The zero-order chi connectivity index (χ0) is 11.3. The van der Waals surface area contributed by atoms with E-state index in [1.807, 2.05) is 6.08 Å². The number of allylic oxidation sites excluding steroid dienone is 1. The number of nitrogens with zero attached hydrogens (tertiary/aromatic N) is 1. The van der Waals surface area contributed by atoms with Crippen LogP contribution in [0, 0.1) is 0 Å². The van der Waals surface area contributed by atoms with Crippen molar-refractivity contribution in [3.8, 4) is 0 Å². The van der Waals surface area contributed by atoms with Crippen LogP contribution in [0.1, 0.15) is 52.4 Å². The van der Waals surface area contributed by atoms with Gasteiger partial charge in [0.1, 0.15) is 0 Å². The normalized spacial score (nSPS) is 25.6. The predicted molar refractivity (Wildman–Crippen MR) is 63.7 cm³/mol. The maximum absolute atomic E-state index is 11.9. The highest BCUT2D eigenvalue weighted by molar-refractivity contribution is 5.77. The summed E-state index contributed by atoms with van der Waals surface area (Å²) >= 11 is 0. The van der Waals surface area contributed by atoms with Crippen molar-refractivity contribution in [3.05, 3.63) is 12.7 Å². The van der Waals surface area contributed by atoms with Crippen molar-refractivity contribution in [2.75, 3.05) is 0 Å². The molecule has 0 radical (unpaired) electrons. The number of amides is 1. The Hall–Kier alpha value is -0.790. The quantitative estimate of drug-likeness (QED) is 0.503. The first-order chi connectivity index (χ1) is 7.16. The van der Waals surface area contributed by atoms with E-state index in [9.17, 15) is 4.79 Å². The molecule has 0 aliphatic carbocycles. The van der Waals surface area contributed by atoms with Crippen LogP contribution in [0.15, 0.2) is 12.7 Å². The van der Waals surface area contributed by atoms with Gasteiger partial charge >= 0.3 is 0 Å². The van der Waals surface area contributed by atoms with Crippen LogP contribution in [0.2, 0.25) is 0 Å². The lowest BCUT2D eigenvalue weighted by atomic mass is 10.1. The molecule has 1 aliphatic rings. The molecular formula is C13H23NO. The molecule has 2 heteroatoms. The first kappa shape index (κ1) is 12.3. The van der Waals surface area contributed by atoms with Crippen molar-refractivity contribution in [1.82, 2.24) is 4.90 Å². The first-order valence-corrected chi connectivity index (χ1v) is 6.09. The summed E-state index contributed by atoms with van der Waals surface area (Å²) in [5.74, 6) is 0.344. The molecule has 1 amide bonds. The first-order valence-electron chi connectivity index (χ1n) is 6.09. The Kier molecular flexibility index (Phi) is 4.86. The highest BCUT2D eigenvalue weighted by atomic mass is 16.2. The van der Waals surface area contributed by atoms with E-state index >= 15 is 0 Å². The van der Waals surface area contributed by atoms with Crippen LogP contribution >= 0.6 is 0 Å². The van der Waals surface area contributed by atoms with Crippen molar-refractivity contribution < 1.29 is 4.79 Å². The molecule has 1 saturated heterocycles. The Morgan fingerprint density at radius 3 is 2.47 bits per heavy atom. The van der Waals surface area contributed by atoms with E-state index in [4.69, 9.17) is 0 Å². The highest BCUT2D eigenvalue weighted by Gasteiger charge is 2.30. The molecule has 2 nitrogen and oxygen atoms in total. The second-order valence-electron chi connectivity index (χ2n) is 4.61. The Morgan fingerprint density at radius 2 is 1.93 bits per heavy atom. The fourth-order valence-corrected chi connectivity index (χ4v) is 2.38. The van der Waals surface area contributed by atoms with E-state index < -0.39 is 0 Å². The zero-order valence-corrected chi connectivity index (χ0v) is 10.0. The molecular weight excluding hydrogens is 186 g/mol. The minimum Gasteiger partial charge on any atom is -0.337 e. The largest absolute Gasteiger partial charge is 0.337 e. The van der Waals surface area contributed by atoms with Gasteiger partial charge in [-0.2, -0.15) is 0 Å². The molecule has 0 bridgehead atoms. The van der Waals surface area contributed by atoms with Gasteiger partial charge in [0.2, 0.25) is 5.91 Å². The SMILES string of the molecule is C=CCCCCC(=O)N1[C@H](C)CC[C@H]1C. The van der Waals surface area contributed by atoms with Crippen molar-refractivity contribution >= 4 is 5.91 Å². The molecule has 1 fully saturated rings. The Morgan fingerprint density at radius 1 is 1.33 bits per heavy atom. The van der Waals surface area contributed by atoms with Gasteiger partial charge in [0, 0.05) is 18.5 Å². The summed E-state index contributed by atoms with van der Waals surface area (Å²) in [4.78, 5) is 14.0. The van der Waals surface area contributed by atoms with E-state index in [0.717, 1.165) is 19.3 Å². The van der Waals surface area contributed by atoms with Gasteiger partial charge in [-0.05, 0) is 46.0 Å². The van der Waals surface area contributed by atoms with Gasteiger partial charge in [0.15, 0.2) is 0 Å². The van der Waals surface area contributed by atoms with Crippen LogP contribution in [0.4, 0.5) is 0 Å². The fraction of sp³-hybridized carbons (Fsp3) is 0.769. The minimum absolute atomic E-state index is 0.344. The number of hydrogen-bond donors (Lipinski definition) is 0. The average Bonchev–Trinajstić information content (AvgIpc) is 2.53. The minimum atomic E-state index is 0.344. The maximum atomic E-state index is 11.9. The second-order valence-corrected chi connectivity index (χ2v) is 4.61. The molecule has 86 valence electrons. The number of hydrogen-bond acceptors (Lipinski definition) is 1. The van der Waals surface area contributed by atoms with E-state index in [1.54, 1.807) is 0 Å². The monoisotopic (exact) mass is 209 g/mol. The van der Waals surface area contributed by atoms with E-state index in [0.29, 0.717) is 24.4 Å². The van der Waals surface area contributed by atoms with Crippen LogP contribution < -0.4 is 0 Å². The highest BCUT2D eigenvalue weighted by Crippen LogP contribution is 2.24. The average molecular weight is 209 g/mol. The van der Waals surface area contributed by atoms with Gasteiger partial charge in [-0.1, -0.05) is 6.08 Å². The number of rotatable bonds is 5.